The van der Waals surface area contributed by atoms with Gasteiger partial charge in [0.25, 0.3) is 0 Å². The Morgan fingerprint density at radius 3 is 2.61 bits per heavy atom. The van der Waals surface area contributed by atoms with Gasteiger partial charge in [0, 0.05) is 11.6 Å². The van der Waals surface area contributed by atoms with Crippen LogP contribution in [-0.4, -0.2) is 14.9 Å². The van der Waals surface area contributed by atoms with Crippen molar-refractivity contribution in [3.05, 3.63) is 36.1 Å². The van der Waals surface area contributed by atoms with E-state index in [1.54, 1.807) is 10.9 Å². The van der Waals surface area contributed by atoms with Crippen molar-refractivity contribution in [3.63, 3.8) is 0 Å². The smallest absolute Gasteiger partial charge is 0.124 e. The maximum Gasteiger partial charge on any atom is 0.124 e. The largest absolute Gasteiger partial charge is 0.382 e. The molecule has 0 saturated heterocycles. The first kappa shape index (κ1) is 14.5. The lowest BCUT2D eigenvalue weighted by atomic mass is 10.1. The lowest BCUT2D eigenvalue weighted by Gasteiger charge is -2.16. The number of halogens is 3. The molecule has 0 aliphatic rings. The van der Waals surface area contributed by atoms with Crippen LogP contribution in [0.3, 0.4) is 0 Å². The molecule has 0 amide bonds. The Bertz CT molecular complexity index is 567. The van der Waals surface area contributed by atoms with E-state index in [0.717, 1.165) is 13.1 Å². The predicted octanol–water partition coefficient (Wildman–Crippen LogP) is 4.79. The van der Waals surface area contributed by atoms with Gasteiger partial charge in [0.15, 0.2) is 0 Å². The highest BCUT2D eigenvalue weighted by Gasteiger charge is 2.24. The SMILES string of the molecule is CC(C)n1ncc(Cl)c1C(O)c1cc(Br)sc1Br. The first-order valence-electron chi connectivity index (χ1n) is 5.27. The third-order valence-corrected chi connectivity index (χ3v) is 5.19. The third-order valence-electron chi connectivity index (χ3n) is 2.51. The van der Waals surface area contributed by atoms with Gasteiger partial charge < -0.3 is 5.11 Å². The summed E-state index contributed by atoms with van der Waals surface area (Å²) < 4.78 is 3.58. The molecule has 98 valence electrons. The zero-order valence-electron chi connectivity index (χ0n) is 9.69. The lowest BCUT2D eigenvalue weighted by molar-refractivity contribution is 0.205. The molecule has 0 aliphatic heterocycles. The fraction of sp³-hybridized carbons (Fsp3) is 0.364. The summed E-state index contributed by atoms with van der Waals surface area (Å²) >= 11 is 14.5. The molecular formula is C11H11Br2ClN2OS. The quantitative estimate of drug-likeness (QED) is 0.785. The number of aliphatic hydroxyl groups is 1. The summed E-state index contributed by atoms with van der Waals surface area (Å²) in [7, 11) is 0. The van der Waals surface area contributed by atoms with E-state index >= 15 is 0 Å². The fourth-order valence-corrected chi connectivity index (χ4v) is 4.82. The van der Waals surface area contributed by atoms with Crippen molar-refractivity contribution in [1.29, 1.82) is 0 Å². The number of aromatic nitrogens is 2. The third kappa shape index (κ3) is 2.67. The van der Waals surface area contributed by atoms with Crippen LogP contribution in [0.5, 0.6) is 0 Å². The molecule has 0 radical (unpaired) electrons. The van der Waals surface area contributed by atoms with Gasteiger partial charge in [-0.2, -0.15) is 5.10 Å². The summed E-state index contributed by atoms with van der Waals surface area (Å²) in [4.78, 5) is 0. The number of nitrogens with zero attached hydrogens (tertiary/aromatic N) is 2. The van der Waals surface area contributed by atoms with E-state index in [2.05, 4.69) is 37.0 Å². The second-order valence-electron chi connectivity index (χ2n) is 4.10. The Morgan fingerprint density at radius 1 is 1.44 bits per heavy atom. The van der Waals surface area contributed by atoms with E-state index in [0.29, 0.717) is 10.7 Å². The maximum absolute atomic E-state index is 10.5. The summed E-state index contributed by atoms with van der Waals surface area (Å²) in [6.45, 7) is 4.00. The Morgan fingerprint density at radius 2 is 2.11 bits per heavy atom. The van der Waals surface area contributed by atoms with Gasteiger partial charge in [-0.15, -0.1) is 11.3 Å². The minimum Gasteiger partial charge on any atom is -0.382 e. The summed E-state index contributed by atoms with van der Waals surface area (Å²) in [5.41, 5.74) is 1.41. The second kappa shape index (κ2) is 5.63. The molecule has 2 rings (SSSR count). The van der Waals surface area contributed by atoms with E-state index in [9.17, 15) is 5.11 Å². The van der Waals surface area contributed by atoms with Crippen LogP contribution in [0, 0.1) is 0 Å². The topological polar surface area (TPSA) is 38.0 Å². The molecule has 0 fully saturated rings. The molecule has 0 saturated carbocycles. The molecule has 2 aromatic rings. The van der Waals surface area contributed by atoms with Gasteiger partial charge in [-0.1, -0.05) is 11.6 Å². The van der Waals surface area contributed by atoms with E-state index in [1.807, 2.05) is 19.9 Å². The molecule has 3 nitrogen and oxygen atoms in total. The van der Waals surface area contributed by atoms with Gasteiger partial charge in [0.2, 0.25) is 0 Å². The Balaban J connectivity index is 2.48. The van der Waals surface area contributed by atoms with Gasteiger partial charge in [0.1, 0.15) is 6.10 Å². The van der Waals surface area contributed by atoms with Crippen molar-refractivity contribution in [2.24, 2.45) is 0 Å². The molecule has 1 atom stereocenters. The van der Waals surface area contributed by atoms with Crippen molar-refractivity contribution in [2.75, 3.05) is 0 Å². The molecule has 0 spiro atoms. The highest BCUT2D eigenvalue weighted by molar-refractivity contribution is 9.12. The Hall–Kier alpha value is 0.120. The van der Waals surface area contributed by atoms with Crippen LogP contribution < -0.4 is 0 Å². The minimum absolute atomic E-state index is 0.142. The molecule has 1 unspecified atom stereocenters. The van der Waals surface area contributed by atoms with E-state index < -0.39 is 6.10 Å². The fourth-order valence-electron chi connectivity index (χ4n) is 1.70. The van der Waals surface area contributed by atoms with Crippen LogP contribution in [0.15, 0.2) is 19.8 Å². The number of thiophene rings is 1. The van der Waals surface area contributed by atoms with Crippen molar-refractivity contribution in [2.45, 2.75) is 26.0 Å². The van der Waals surface area contributed by atoms with Crippen LogP contribution >= 0.6 is 54.8 Å². The summed E-state index contributed by atoms with van der Waals surface area (Å²) in [6.07, 6.45) is 0.773. The molecule has 7 heteroatoms. The first-order valence-corrected chi connectivity index (χ1v) is 8.05. The monoisotopic (exact) mass is 412 g/mol. The van der Waals surface area contributed by atoms with E-state index in [-0.39, 0.29) is 6.04 Å². The number of rotatable bonds is 3. The second-order valence-corrected chi connectivity index (χ2v) is 8.25. The van der Waals surface area contributed by atoms with Crippen LogP contribution in [0.2, 0.25) is 5.02 Å². The molecule has 0 aliphatic carbocycles. The molecule has 1 N–H and O–H groups in total. The van der Waals surface area contributed by atoms with Gasteiger partial charge in [-0.3, -0.25) is 4.68 Å². The summed E-state index contributed by atoms with van der Waals surface area (Å²) in [6, 6.07) is 2.02. The molecule has 18 heavy (non-hydrogen) atoms. The first-order chi connectivity index (χ1) is 8.41. The van der Waals surface area contributed by atoms with Gasteiger partial charge >= 0.3 is 0 Å². The summed E-state index contributed by atoms with van der Waals surface area (Å²) in [5.74, 6) is 0. The van der Waals surface area contributed by atoms with Crippen LogP contribution in [-0.2, 0) is 0 Å². The number of aliphatic hydroxyl groups excluding tert-OH is 1. The molecular weight excluding hydrogens is 403 g/mol. The highest BCUT2D eigenvalue weighted by atomic mass is 79.9. The maximum atomic E-state index is 10.5. The average molecular weight is 415 g/mol. The van der Waals surface area contributed by atoms with E-state index in [1.165, 1.54) is 11.3 Å². The van der Waals surface area contributed by atoms with Crippen LogP contribution in [0.1, 0.15) is 37.3 Å². The number of hydrogen-bond donors (Lipinski definition) is 1. The van der Waals surface area contributed by atoms with Crippen LogP contribution in [0.25, 0.3) is 0 Å². The van der Waals surface area contributed by atoms with Crippen molar-refractivity contribution in [3.8, 4) is 0 Å². The van der Waals surface area contributed by atoms with Crippen LogP contribution in [0.4, 0.5) is 0 Å². The highest BCUT2D eigenvalue weighted by Crippen LogP contribution is 2.39. The van der Waals surface area contributed by atoms with Crippen molar-refractivity contribution in [1.82, 2.24) is 9.78 Å². The summed E-state index contributed by atoms with van der Waals surface area (Å²) in [5, 5.41) is 15.2. The zero-order chi connectivity index (χ0) is 13.4. The molecule has 0 bridgehead atoms. The van der Waals surface area contributed by atoms with E-state index in [4.69, 9.17) is 11.6 Å². The zero-order valence-corrected chi connectivity index (χ0v) is 14.4. The van der Waals surface area contributed by atoms with Crippen molar-refractivity contribution < 1.29 is 5.11 Å². The van der Waals surface area contributed by atoms with Gasteiger partial charge in [0.05, 0.1) is 24.5 Å². The van der Waals surface area contributed by atoms with Gasteiger partial charge in [-0.25, -0.2) is 0 Å². The normalized spacial score (nSPS) is 13.3. The Labute approximate surface area is 131 Å². The minimum atomic E-state index is -0.792. The number of hydrogen-bond acceptors (Lipinski definition) is 3. The predicted molar refractivity (Wildman–Crippen MR) is 81.4 cm³/mol. The average Bonchev–Trinajstić information content (AvgIpc) is 2.81. The van der Waals surface area contributed by atoms with Crippen molar-refractivity contribution >= 4 is 54.8 Å². The molecule has 2 heterocycles. The molecule has 0 aromatic carbocycles. The molecule has 2 aromatic heterocycles. The lowest BCUT2D eigenvalue weighted by Crippen LogP contribution is -2.12. The standard InChI is InChI=1S/C11H11Br2ClN2OS/c1-5(2)16-9(7(14)4-15-16)10(17)6-3-8(12)18-11(6)13/h3-5,10,17H,1-2H3. The Kier molecular flexibility index (Phi) is 4.54. The van der Waals surface area contributed by atoms with Gasteiger partial charge in [-0.05, 0) is 51.8 Å².